The Labute approximate surface area is 356 Å². The van der Waals surface area contributed by atoms with E-state index in [0.717, 1.165) is 44.6 Å². The minimum atomic E-state index is -4.77. The molecule has 0 unspecified atom stereocenters. The predicted molar refractivity (Wildman–Crippen MR) is 243 cm³/mol. The lowest BCUT2D eigenvalue weighted by Crippen LogP contribution is -2.19. The lowest BCUT2D eigenvalue weighted by Gasteiger charge is -2.13. The molecule has 8 heteroatoms. The van der Waals surface area contributed by atoms with Gasteiger partial charge in [0.05, 0.1) is 24.3 Å². The van der Waals surface area contributed by atoms with Gasteiger partial charge in [0.25, 0.3) is 10.1 Å². The number of ether oxygens (including phenoxy) is 2. The SMILES string of the molecule is CCC/C=C/CCCCCCCCCCCCCCCCOC(=O)c1cccc(S(=O)(=O)O)c1C(=O)OCCCCCCCCCCCCCCCC/C=C/CCC. The smallest absolute Gasteiger partial charge is 0.340 e. The van der Waals surface area contributed by atoms with Crippen LogP contribution in [0.25, 0.3) is 0 Å². The third kappa shape index (κ3) is 30.6. The maximum absolute atomic E-state index is 13.1. The number of benzene rings is 1. The predicted octanol–water partition coefficient (Wildman–Crippen LogP) is 15.7. The van der Waals surface area contributed by atoms with E-state index in [1.165, 1.54) is 179 Å². The van der Waals surface area contributed by atoms with Gasteiger partial charge in [-0.05, 0) is 63.5 Å². The Bertz CT molecular complexity index is 1300. The van der Waals surface area contributed by atoms with Crippen LogP contribution in [0.2, 0.25) is 0 Å². The second-order valence-electron chi connectivity index (χ2n) is 16.4. The Hall–Kier alpha value is -2.45. The maximum atomic E-state index is 13.1. The first-order chi connectivity index (χ1) is 28.3. The highest BCUT2D eigenvalue weighted by Crippen LogP contribution is 2.23. The summed E-state index contributed by atoms with van der Waals surface area (Å²) in [7, 11) is -4.77. The van der Waals surface area contributed by atoms with Crippen LogP contribution in [0.15, 0.2) is 47.4 Å². The molecular formula is C50H86O7S. The topological polar surface area (TPSA) is 107 Å². The van der Waals surface area contributed by atoms with E-state index in [1.54, 1.807) is 0 Å². The van der Waals surface area contributed by atoms with Crippen molar-refractivity contribution in [3.8, 4) is 0 Å². The van der Waals surface area contributed by atoms with Crippen LogP contribution in [0.4, 0.5) is 0 Å². The molecule has 1 rings (SSSR count). The molecule has 0 atom stereocenters. The first kappa shape index (κ1) is 53.6. The van der Waals surface area contributed by atoms with Crippen molar-refractivity contribution in [3.63, 3.8) is 0 Å². The average molecular weight is 831 g/mol. The molecule has 1 aromatic carbocycles. The first-order valence-electron chi connectivity index (χ1n) is 24.1. The molecule has 0 bridgehead atoms. The molecule has 0 aliphatic carbocycles. The van der Waals surface area contributed by atoms with E-state index >= 15 is 0 Å². The quantitative estimate of drug-likeness (QED) is 0.0303. The van der Waals surface area contributed by atoms with Gasteiger partial charge in [-0.2, -0.15) is 8.42 Å². The van der Waals surface area contributed by atoms with E-state index < -0.39 is 32.5 Å². The highest BCUT2D eigenvalue weighted by Gasteiger charge is 2.28. The summed E-state index contributed by atoms with van der Waals surface area (Å²) >= 11 is 0. The molecule has 0 aliphatic rings. The summed E-state index contributed by atoms with van der Waals surface area (Å²) in [6.07, 6.45) is 50.6. The molecular weight excluding hydrogens is 745 g/mol. The van der Waals surface area contributed by atoms with E-state index in [4.69, 9.17) is 9.47 Å². The van der Waals surface area contributed by atoms with Crippen molar-refractivity contribution < 1.29 is 32.0 Å². The van der Waals surface area contributed by atoms with Gasteiger partial charge < -0.3 is 9.47 Å². The second-order valence-corrected chi connectivity index (χ2v) is 17.8. The fourth-order valence-corrected chi connectivity index (χ4v) is 8.08. The average Bonchev–Trinajstić information content (AvgIpc) is 3.21. The molecule has 0 saturated heterocycles. The highest BCUT2D eigenvalue weighted by molar-refractivity contribution is 7.86. The Morgan fingerprint density at radius 3 is 1.12 bits per heavy atom. The van der Waals surface area contributed by atoms with Crippen molar-refractivity contribution in [2.75, 3.05) is 13.2 Å². The van der Waals surface area contributed by atoms with Gasteiger partial charge in [-0.15, -0.1) is 0 Å². The van der Waals surface area contributed by atoms with Gasteiger partial charge in [0, 0.05) is 0 Å². The van der Waals surface area contributed by atoms with Crippen LogP contribution in [0, 0.1) is 0 Å². The van der Waals surface area contributed by atoms with Crippen LogP contribution in [0.5, 0.6) is 0 Å². The third-order valence-corrected chi connectivity index (χ3v) is 11.9. The van der Waals surface area contributed by atoms with Crippen LogP contribution >= 0.6 is 0 Å². The molecule has 0 heterocycles. The van der Waals surface area contributed by atoms with Crippen molar-refractivity contribution in [2.45, 2.75) is 237 Å². The Balaban J connectivity index is 2.17. The molecule has 58 heavy (non-hydrogen) atoms. The van der Waals surface area contributed by atoms with E-state index in [2.05, 4.69) is 38.2 Å². The molecule has 0 radical (unpaired) electrons. The number of allylic oxidation sites excluding steroid dienone is 4. The standard InChI is InChI=1S/C50H86O7S/c1-3-5-7-9-11-13-15-17-19-21-23-25-27-29-31-33-35-37-39-44-56-49(51)46-42-41-43-47(58(53,54)55)48(46)50(52)57-45-40-38-36-34-32-30-28-26-24-22-20-18-16-14-12-10-8-6-4-2/h7-10,41-43H,3-6,11-40,44-45H2,1-2H3,(H,53,54,55)/b9-7+,10-8+. The van der Waals surface area contributed by atoms with E-state index in [0.29, 0.717) is 12.8 Å². The number of esters is 2. The van der Waals surface area contributed by atoms with Gasteiger partial charge >= 0.3 is 11.9 Å². The van der Waals surface area contributed by atoms with Crippen molar-refractivity contribution in [2.24, 2.45) is 0 Å². The van der Waals surface area contributed by atoms with Gasteiger partial charge in [0.2, 0.25) is 0 Å². The summed E-state index contributed by atoms with van der Waals surface area (Å²) in [4.78, 5) is 25.4. The largest absolute Gasteiger partial charge is 0.462 e. The molecule has 0 aliphatic heterocycles. The minimum Gasteiger partial charge on any atom is -0.462 e. The van der Waals surface area contributed by atoms with Crippen molar-refractivity contribution in [1.29, 1.82) is 0 Å². The summed E-state index contributed by atoms with van der Waals surface area (Å²) < 4.78 is 44.9. The van der Waals surface area contributed by atoms with Gasteiger partial charge in [-0.1, -0.05) is 211 Å². The summed E-state index contributed by atoms with van der Waals surface area (Å²) in [5, 5.41) is 0. The van der Waals surface area contributed by atoms with E-state index in [9.17, 15) is 22.6 Å². The lowest BCUT2D eigenvalue weighted by molar-refractivity contribution is 0.0446. The second kappa shape index (κ2) is 38.7. The van der Waals surface area contributed by atoms with Crippen molar-refractivity contribution >= 4 is 22.1 Å². The van der Waals surface area contributed by atoms with Gasteiger partial charge in [-0.25, -0.2) is 9.59 Å². The van der Waals surface area contributed by atoms with Gasteiger partial charge in [-0.3, -0.25) is 4.55 Å². The van der Waals surface area contributed by atoms with Gasteiger partial charge in [0.15, 0.2) is 0 Å². The number of hydrogen-bond acceptors (Lipinski definition) is 6. The maximum Gasteiger partial charge on any atom is 0.340 e. The monoisotopic (exact) mass is 831 g/mol. The Morgan fingerprint density at radius 1 is 0.466 bits per heavy atom. The number of carbonyl (C=O) groups excluding carboxylic acids is 2. The zero-order chi connectivity index (χ0) is 42.2. The highest BCUT2D eigenvalue weighted by atomic mass is 32.2. The molecule has 7 nitrogen and oxygen atoms in total. The Kier molecular flexibility index (Phi) is 35.8. The van der Waals surface area contributed by atoms with Crippen molar-refractivity contribution in [1.82, 2.24) is 0 Å². The molecule has 1 N–H and O–H groups in total. The zero-order valence-corrected chi connectivity index (χ0v) is 38.1. The van der Waals surface area contributed by atoms with Crippen LogP contribution < -0.4 is 0 Å². The van der Waals surface area contributed by atoms with Crippen LogP contribution in [-0.4, -0.2) is 38.1 Å². The first-order valence-corrected chi connectivity index (χ1v) is 25.5. The molecule has 0 saturated carbocycles. The summed E-state index contributed by atoms with van der Waals surface area (Å²) in [5.74, 6) is -1.74. The minimum absolute atomic E-state index is 0.111. The van der Waals surface area contributed by atoms with Crippen molar-refractivity contribution in [3.05, 3.63) is 53.6 Å². The number of carbonyl (C=O) groups is 2. The van der Waals surface area contributed by atoms with Gasteiger partial charge in [0.1, 0.15) is 4.90 Å². The summed E-state index contributed by atoms with van der Waals surface area (Å²) in [6, 6.07) is 3.77. The lowest BCUT2D eigenvalue weighted by atomic mass is 10.0. The molecule has 1 aromatic rings. The molecule has 0 spiro atoms. The van der Waals surface area contributed by atoms with Crippen LogP contribution in [0.1, 0.15) is 253 Å². The third-order valence-electron chi connectivity index (χ3n) is 11.0. The molecule has 0 amide bonds. The summed E-state index contributed by atoms with van der Waals surface area (Å²) in [5.41, 5.74) is -0.669. The normalized spacial score (nSPS) is 11.9. The van der Waals surface area contributed by atoms with E-state index in [1.807, 2.05) is 0 Å². The number of unbranched alkanes of at least 4 members (excludes halogenated alkanes) is 30. The number of hydrogen-bond donors (Lipinski definition) is 1. The van der Waals surface area contributed by atoms with Crippen LogP contribution in [0.3, 0.4) is 0 Å². The van der Waals surface area contributed by atoms with Crippen LogP contribution in [-0.2, 0) is 19.6 Å². The molecule has 0 fully saturated rings. The fraction of sp³-hybridized carbons (Fsp3) is 0.760. The number of rotatable bonds is 41. The van der Waals surface area contributed by atoms with E-state index in [-0.39, 0.29) is 18.8 Å². The molecule has 334 valence electrons. The summed E-state index contributed by atoms with van der Waals surface area (Å²) in [6.45, 7) is 4.73. The fourth-order valence-electron chi connectivity index (χ4n) is 7.38. The zero-order valence-electron chi connectivity index (χ0n) is 37.3. The Morgan fingerprint density at radius 2 is 0.776 bits per heavy atom. The molecule has 0 aromatic heterocycles.